The summed E-state index contributed by atoms with van der Waals surface area (Å²) < 4.78 is 0. The average molecular weight is 228 g/mol. The first-order chi connectivity index (χ1) is 7.59. The Hall–Kier alpha value is -0.0800. The maximum Gasteiger partial charge on any atom is 0.0612 e. The highest BCUT2D eigenvalue weighted by Crippen LogP contribution is 2.12. The molecule has 0 rings (SSSR count). The summed E-state index contributed by atoms with van der Waals surface area (Å²) in [6, 6.07) is 0. The van der Waals surface area contributed by atoms with Gasteiger partial charge in [0.1, 0.15) is 0 Å². The van der Waals surface area contributed by atoms with Gasteiger partial charge < -0.3 is 0 Å². The van der Waals surface area contributed by atoms with E-state index in [0.29, 0.717) is 6.17 Å². The Morgan fingerprint density at radius 1 is 0.688 bits per heavy atom. The fourth-order valence-corrected chi connectivity index (χ4v) is 2.26. The molecule has 0 amide bonds. The number of hydrogen-bond acceptors (Lipinski definition) is 2. The maximum absolute atomic E-state index is 2.32. The van der Waals surface area contributed by atoms with Crippen LogP contribution < -0.4 is 0 Å². The third kappa shape index (κ3) is 8.12. The van der Waals surface area contributed by atoms with E-state index in [1.807, 2.05) is 0 Å². The van der Waals surface area contributed by atoms with E-state index < -0.39 is 0 Å². The monoisotopic (exact) mass is 228 g/mol. The molecule has 0 aliphatic rings. The van der Waals surface area contributed by atoms with Gasteiger partial charge in [0, 0.05) is 0 Å². The highest BCUT2D eigenvalue weighted by Gasteiger charge is 2.12. The summed E-state index contributed by atoms with van der Waals surface area (Å²) in [6.45, 7) is 2.28. The van der Waals surface area contributed by atoms with Crippen LogP contribution in [0.25, 0.3) is 0 Å². The van der Waals surface area contributed by atoms with E-state index in [0.717, 1.165) is 0 Å². The van der Waals surface area contributed by atoms with Gasteiger partial charge in [-0.25, -0.2) is 0 Å². The predicted octanol–water partition coefficient (Wildman–Crippen LogP) is 3.58. The molecule has 0 radical (unpaired) electrons. The zero-order valence-corrected chi connectivity index (χ0v) is 12.1. The van der Waals surface area contributed by atoms with E-state index in [1.165, 1.54) is 51.4 Å². The topological polar surface area (TPSA) is 6.48 Å². The molecular formula is C14H32N2. The van der Waals surface area contributed by atoms with Crippen LogP contribution in [0, 0.1) is 0 Å². The normalized spacial score (nSPS) is 12.0. The standard InChI is InChI=1S/C14H32N2/c1-6-7-8-9-10-11-12-13-14(15(2)3)16(4)5/h14H,6-13H2,1-5H3. The number of hydrogen-bond donors (Lipinski definition) is 0. The molecule has 0 aromatic carbocycles. The van der Waals surface area contributed by atoms with E-state index in [2.05, 4.69) is 44.9 Å². The largest absolute Gasteiger partial charge is 0.294 e. The summed E-state index contributed by atoms with van der Waals surface area (Å²) in [4.78, 5) is 4.63. The lowest BCUT2D eigenvalue weighted by Gasteiger charge is -2.30. The van der Waals surface area contributed by atoms with Crippen molar-refractivity contribution in [1.29, 1.82) is 0 Å². The van der Waals surface area contributed by atoms with E-state index in [-0.39, 0.29) is 0 Å². The van der Waals surface area contributed by atoms with Crippen LogP contribution >= 0.6 is 0 Å². The van der Waals surface area contributed by atoms with Crippen molar-refractivity contribution in [3.63, 3.8) is 0 Å². The summed E-state index contributed by atoms with van der Waals surface area (Å²) in [5.74, 6) is 0. The summed E-state index contributed by atoms with van der Waals surface area (Å²) in [7, 11) is 8.69. The highest BCUT2D eigenvalue weighted by atomic mass is 15.3. The van der Waals surface area contributed by atoms with Crippen molar-refractivity contribution < 1.29 is 0 Å². The van der Waals surface area contributed by atoms with Gasteiger partial charge in [-0.1, -0.05) is 51.9 Å². The Bertz CT molecular complexity index is 136. The molecule has 0 aliphatic carbocycles. The minimum atomic E-state index is 0.607. The molecule has 0 spiro atoms. The Balaban J connectivity index is 3.41. The van der Waals surface area contributed by atoms with Crippen LogP contribution in [0.3, 0.4) is 0 Å². The molecular weight excluding hydrogens is 196 g/mol. The Labute approximate surface area is 103 Å². The van der Waals surface area contributed by atoms with Gasteiger partial charge in [-0.2, -0.15) is 0 Å². The smallest absolute Gasteiger partial charge is 0.0612 e. The highest BCUT2D eigenvalue weighted by molar-refractivity contribution is 4.62. The van der Waals surface area contributed by atoms with Crippen molar-refractivity contribution in [1.82, 2.24) is 9.80 Å². The molecule has 0 heterocycles. The third-order valence-electron chi connectivity index (χ3n) is 3.26. The second-order valence-corrected chi connectivity index (χ2v) is 5.32. The summed E-state index contributed by atoms with van der Waals surface area (Å²) in [5.41, 5.74) is 0. The van der Waals surface area contributed by atoms with Crippen molar-refractivity contribution in [3.8, 4) is 0 Å². The SMILES string of the molecule is CCCCCCCCCC(N(C)C)N(C)C. The lowest BCUT2D eigenvalue weighted by atomic mass is 10.1. The maximum atomic E-state index is 2.32. The van der Waals surface area contributed by atoms with Gasteiger partial charge in [-0.05, 0) is 34.6 Å². The van der Waals surface area contributed by atoms with E-state index >= 15 is 0 Å². The lowest BCUT2D eigenvalue weighted by Crippen LogP contribution is -2.40. The molecule has 0 atom stereocenters. The molecule has 0 unspecified atom stereocenters. The minimum Gasteiger partial charge on any atom is -0.294 e. The molecule has 0 aliphatic heterocycles. The molecule has 0 saturated heterocycles. The van der Waals surface area contributed by atoms with Gasteiger partial charge in [0.05, 0.1) is 6.17 Å². The molecule has 0 aromatic rings. The van der Waals surface area contributed by atoms with Crippen LogP contribution in [-0.4, -0.2) is 44.2 Å². The van der Waals surface area contributed by atoms with Gasteiger partial charge >= 0.3 is 0 Å². The van der Waals surface area contributed by atoms with Crippen LogP contribution in [0.1, 0.15) is 58.3 Å². The van der Waals surface area contributed by atoms with Crippen molar-refractivity contribution in [2.75, 3.05) is 28.2 Å². The molecule has 0 bridgehead atoms. The first-order valence-corrected chi connectivity index (χ1v) is 6.92. The van der Waals surface area contributed by atoms with Crippen molar-refractivity contribution in [3.05, 3.63) is 0 Å². The molecule has 98 valence electrons. The van der Waals surface area contributed by atoms with Gasteiger partial charge in [-0.15, -0.1) is 0 Å². The van der Waals surface area contributed by atoms with Crippen LogP contribution in [0.5, 0.6) is 0 Å². The van der Waals surface area contributed by atoms with Crippen molar-refractivity contribution >= 4 is 0 Å². The van der Waals surface area contributed by atoms with Gasteiger partial charge in [0.15, 0.2) is 0 Å². The van der Waals surface area contributed by atoms with Gasteiger partial charge in [-0.3, -0.25) is 9.80 Å². The van der Waals surface area contributed by atoms with Crippen molar-refractivity contribution in [2.24, 2.45) is 0 Å². The summed E-state index contributed by atoms with van der Waals surface area (Å²) in [5, 5.41) is 0. The summed E-state index contributed by atoms with van der Waals surface area (Å²) >= 11 is 0. The van der Waals surface area contributed by atoms with E-state index in [9.17, 15) is 0 Å². The minimum absolute atomic E-state index is 0.607. The average Bonchev–Trinajstić information content (AvgIpc) is 2.21. The van der Waals surface area contributed by atoms with Gasteiger partial charge in [0.2, 0.25) is 0 Å². The quantitative estimate of drug-likeness (QED) is 0.416. The molecule has 2 heteroatoms. The third-order valence-corrected chi connectivity index (χ3v) is 3.26. The molecule has 0 aromatic heterocycles. The van der Waals surface area contributed by atoms with Crippen LogP contribution in [0.4, 0.5) is 0 Å². The number of unbranched alkanes of at least 4 members (excludes halogenated alkanes) is 6. The number of nitrogens with zero attached hydrogens (tertiary/aromatic N) is 2. The zero-order chi connectivity index (χ0) is 12.4. The first-order valence-electron chi connectivity index (χ1n) is 6.92. The molecule has 0 saturated carbocycles. The lowest BCUT2D eigenvalue weighted by molar-refractivity contribution is 0.117. The Morgan fingerprint density at radius 3 is 1.56 bits per heavy atom. The van der Waals surface area contributed by atoms with Crippen LogP contribution in [0.2, 0.25) is 0 Å². The fourth-order valence-electron chi connectivity index (χ4n) is 2.26. The predicted molar refractivity (Wildman–Crippen MR) is 73.8 cm³/mol. The van der Waals surface area contributed by atoms with Crippen LogP contribution in [0.15, 0.2) is 0 Å². The molecule has 2 nitrogen and oxygen atoms in total. The number of rotatable bonds is 10. The zero-order valence-electron chi connectivity index (χ0n) is 12.1. The fraction of sp³-hybridized carbons (Fsp3) is 1.00. The Kier molecular flexibility index (Phi) is 10.0. The van der Waals surface area contributed by atoms with Gasteiger partial charge in [0.25, 0.3) is 0 Å². The Morgan fingerprint density at radius 2 is 1.12 bits per heavy atom. The summed E-state index contributed by atoms with van der Waals surface area (Å²) in [6.07, 6.45) is 11.7. The van der Waals surface area contributed by atoms with Crippen molar-refractivity contribution in [2.45, 2.75) is 64.5 Å². The van der Waals surface area contributed by atoms with Crippen LogP contribution in [-0.2, 0) is 0 Å². The molecule has 0 N–H and O–H groups in total. The van der Waals surface area contributed by atoms with E-state index in [1.54, 1.807) is 0 Å². The second-order valence-electron chi connectivity index (χ2n) is 5.32. The second kappa shape index (κ2) is 10.1. The molecule has 16 heavy (non-hydrogen) atoms. The molecule has 0 fully saturated rings. The van der Waals surface area contributed by atoms with E-state index in [4.69, 9.17) is 0 Å². The first kappa shape index (κ1) is 15.9.